The summed E-state index contributed by atoms with van der Waals surface area (Å²) in [6, 6.07) is 14.2. The molecule has 0 bridgehead atoms. The normalized spacial score (nSPS) is 11.0. The number of halogens is 1. The fraction of sp³-hybridized carbons (Fsp3) is 0.304. The van der Waals surface area contributed by atoms with Gasteiger partial charge in [-0.3, -0.25) is 9.59 Å². The lowest BCUT2D eigenvalue weighted by Crippen LogP contribution is -2.45. The highest BCUT2D eigenvalue weighted by molar-refractivity contribution is 6.31. The van der Waals surface area contributed by atoms with E-state index in [9.17, 15) is 9.59 Å². The lowest BCUT2D eigenvalue weighted by molar-refractivity contribution is -0.133. The lowest BCUT2D eigenvalue weighted by atomic mass is 10.1. The molecule has 2 heterocycles. The van der Waals surface area contributed by atoms with E-state index in [0.717, 1.165) is 5.69 Å². The van der Waals surface area contributed by atoms with Crippen LogP contribution in [0.5, 0.6) is 0 Å². The first-order valence-electron chi connectivity index (χ1n) is 9.82. The van der Waals surface area contributed by atoms with E-state index in [4.69, 9.17) is 16.0 Å². The Labute approximate surface area is 181 Å². The van der Waals surface area contributed by atoms with Crippen molar-refractivity contribution >= 4 is 23.4 Å². The second-order valence-electron chi connectivity index (χ2n) is 7.48. The summed E-state index contributed by atoms with van der Waals surface area (Å²) in [5, 5.41) is 0.485. The Bertz CT molecular complexity index is 995. The quantitative estimate of drug-likeness (QED) is 0.537. The summed E-state index contributed by atoms with van der Waals surface area (Å²) in [6.07, 6.45) is 3.53. The van der Waals surface area contributed by atoms with Gasteiger partial charge in [-0.2, -0.15) is 0 Å². The highest BCUT2D eigenvalue weighted by Gasteiger charge is 2.25. The van der Waals surface area contributed by atoms with E-state index in [1.165, 1.54) is 0 Å². The van der Waals surface area contributed by atoms with Gasteiger partial charge >= 0.3 is 0 Å². The second-order valence-corrected chi connectivity index (χ2v) is 7.91. The predicted octanol–water partition coefficient (Wildman–Crippen LogP) is 4.35. The average molecular weight is 428 g/mol. The Hall–Kier alpha value is -2.99. The van der Waals surface area contributed by atoms with Gasteiger partial charge in [0, 0.05) is 35.6 Å². The maximum absolute atomic E-state index is 13.3. The summed E-state index contributed by atoms with van der Waals surface area (Å²) in [6.45, 7) is 4.50. The van der Waals surface area contributed by atoms with E-state index in [2.05, 4.69) is 0 Å². The van der Waals surface area contributed by atoms with Crippen LogP contribution in [0.2, 0.25) is 5.02 Å². The van der Waals surface area contributed by atoms with E-state index in [0.29, 0.717) is 29.4 Å². The average Bonchev–Trinajstić information content (AvgIpc) is 3.36. The van der Waals surface area contributed by atoms with Crippen LogP contribution in [0.15, 0.2) is 65.4 Å². The zero-order valence-electron chi connectivity index (χ0n) is 17.4. The molecule has 3 aromatic rings. The fourth-order valence-corrected chi connectivity index (χ4v) is 3.39. The van der Waals surface area contributed by atoms with Gasteiger partial charge < -0.3 is 18.8 Å². The number of hydrogen-bond donors (Lipinski definition) is 0. The van der Waals surface area contributed by atoms with Crippen LogP contribution >= 0.6 is 11.6 Å². The molecule has 0 aliphatic rings. The maximum atomic E-state index is 13.3. The molecule has 1 aromatic carbocycles. The van der Waals surface area contributed by atoms with Crippen LogP contribution < -0.4 is 0 Å². The summed E-state index contributed by atoms with van der Waals surface area (Å²) in [5.41, 5.74) is 1.45. The summed E-state index contributed by atoms with van der Waals surface area (Å²) in [4.78, 5) is 29.6. The van der Waals surface area contributed by atoms with Crippen molar-refractivity contribution in [3.05, 3.63) is 83.0 Å². The topological polar surface area (TPSA) is 58.7 Å². The monoisotopic (exact) mass is 427 g/mol. The third-order valence-electron chi connectivity index (χ3n) is 4.95. The number of rotatable bonds is 8. The van der Waals surface area contributed by atoms with Crippen LogP contribution in [0.25, 0.3) is 0 Å². The number of aryl methyl sites for hydroxylation is 1. The first-order valence-corrected chi connectivity index (χ1v) is 10.2. The number of aromatic nitrogens is 1. The third kappa shape index (κ3) is 5.33. The van der Waals surface area contributed by atoms with Crippen molar-refractivity contribution in [2.45, 2.75) is 33.0 Å². The molecular formula is C23H26ClN3O3. The van der Waals surface area contributed by atoms with E-state index in [1.54, 1.807) is 46.4 Å². The van der Waals surface area contributed by atoms with E-state index in [-0.39, 0.29) is 24.4 Å². The van der Waals surface area contributed by atoms with E-state index in [1.807, 2.05) is 49.9 Å². The van der Waals surface area contributed by atoms with Gasteiger partial charge in [0.2, 0.25) is 5.91 Å². The zero-order valence-corrected chi connectivity index (χ0v) is 18.2. The van der Waals surface area contributed by atoms with Crippen molar-refractivity contribution in [3.8, 4) is 0 Å². The van der Waals surface area contributed by atoms with Crippen molar-refractivity contribution in [1.82, 2.24) is 14.4 Å². The van der Waals surface area contributed by atoms with Gasteiger partial charge in [-0.25, -0.2) is 0 Å². The molecule has 0 N–H and O–H groups in total. The summed E-state index contributed by atoms with van der Waals surface area (Å²) in [7, 11) is 1.94. The molecule has 0 fully saturated rings. The number of furan rings is 1. The van der Waals surface area contributed by atoms with Crippen molar-refractivity contribution in [3.63, 3.8) is 0 Å². The molecule has 3 rings (SSSR count). The molecule has 0 aliphatic heterocycles. The summed E-state index contributed by atoms with van der Waals surface area (Å²) in [5.74, 6) is 0.309. The molecule has 0 saturated heterocycles. The largest absolute Gasteiger partial charge is 0.467 e. The van der Waals surface area contributed by atoms with Gasteiger partial charge in [0.05, 0.1) is 19.4 Å². The molecule has 0 radical (unpaired) electrons. The minimum atomic E-state index is -0.224. The number of carbonyl (C=O) groups excluding carboxylic acids is 2. The molecule has 2 aromatic heterocycles. The van der Waals surface area contributed by atoms with Crippen LogP contribution in [0.3, 0.4) is 0 Å². The number of hydrogen-bond acceptors (Lipinski definition) is 3. The van der Waals surface area contributed by atoms with Crippen molar-refractivity contribution < 1.29 is 14.0 Å². The molecule has 30 heavy (non-hydrogen) atoms. The Morgan fingerprint density at radius 1 is 1.10 bits per heavy atom. The van der Waals surface area contributed by atoms with E-state index < -0.39 is 0 Å². The molecule has 6 nitrogen and oxygen atoms in total. The SMILES string of the molecule is CC(C)N(CC(=O)N(Cc1ccco1)Cc1cccn1C)C(=O)c1cccc(Cl)c1. The smallest absolute Gasteiger partial charge is 0.254 e. The molecule has 0 saturated carbocycles. The van der Waals surface area contributed by atoms with Gasteiger partial charge in [-0.05, 0) is 56.3 Å². The minimum absolute atomic E-state index is 0.0336. The molecule has 0 unspecified atom stereocenters. The van der Waals surface area contributed by atoms with Crippen LogP contribution in [0, 0.1) is 0 Å². The first kappa shape index (κ1) is 21.7. The molecule has 0 aliphatic carbocycles. The third-order valence-corrected chi connectivity index (χ3v) is 5.18. The minimum Gasteiger partial charge on any atom is -0.467 e. The maximum Gasteiger partial charge on any atom is 0.254 e. The fourth-order valence-electron chi connectivity index (χ4n) is 3.20. The van der Waals surface area contributed by atoms with Crippen LogP contribution in [-0.4, -0.2) is 38.8 Å². The number of carbonyl (C=O) groups is 2. The van der Waals surface area contributed by atoms with Crippen molar-refractivity contribution in [1.29, 1.82) is 0 Å². The number of nitrogens with zero attached hydrogens (tertiary/aromatic N) is 3. The second kappa shape index (κ2) is 9.67. The van der Waals surface area contributed by atoms with Crippen molar-refractivity contribution in [2.24, 2.45) is 7.05 Å². The molecule has 0 atom stereocenters. The Morgan fingerprint density at radius 3 is 2.50 bits per heavy atom. The van der Waals surface area contributed by atoms with Gasteiger partial charge in [0.15, 0.2) is 0 Å². The Kier molecular flexibility index (Phi) is 7.00. The summed E-state index contributed by atoms with van der Waals surface area (Å²) < 4.78 is 7.42. The van der Waals surface area contributed by atoms with Crippen molar-refractivity contribution in [2.75, 3.05) is 6.54 Å². The molecule has 0 spiro atoms. The molecule has 7 heteroatoms. The molecule has 158 valence electrons. The van der Waals surface area contributed by atoms with Crippen LogP contribution in [0.1, 0.15) is 35.7 Å². The standard InChI is InChI=1S/C23H26ClN3O3/c1-17(2)27(23(29)18-7-4-8-19(24)13-18)16-22(28)26(15-21-10-6-12-30-21)14-20-9-5-11-25(20)3/h4-13,17H,14-16H2,1-3H3. The molecule has 2 amide bonds. The van der Waals surface area contributed by atoms with E-state index >= 15 is 0 Å². The van der Waals surface area contributed by atoms with Gasteiger partial charge in [-0.15, -0.1) is 0 Å². The Morgan fingerprint density at radius 2 is 1.90 bits per heavy atom. The highest BCUT2D eigenvalue weighted by Crippen LogP contribution is 2.16. The lowest BCUT2D eigenvalue weighted by Gasteiger charge is -2.30. The van der Waals surface area contributed by atoms with Crippen LogP contribution in [0.4, 0.5) is 0 Å². The summed E-state index contributed by atoms with van der Waals surface area (Å²) >= 11 is 6.04. The zero-order chi connectivity index (χ0) is 21.7. The Balaban J connectivity index is 1.80. The van der Waals surface area contributed by atoms with Gasteiger partial charge in [0.1, 0.15) is 12.3 Å². The highest BCUT2D eigenvalue weighted by atomic mass is 35.5. The van der Waals surface area contributed by atoms with Crippen LogP contribution in [-0.2, 0) is 24.9 Å². The number of benzene rings is 1. The van der Waals surface area contributed by atoms with Gasteiger partial charge in [0.25, 0.3) is 5.91 Å². The number of amides is 2. The predicted molar refractivity (Wildman–Crippen MR) is 116 cm³/mol. The van der Waals surface area contributed by atoms with Gasteiger partial charge in [-0.1, -0.05) is 17.7 Å². The first-order chi connectivity index (χ1) is 14.3. The molecular weight excluding hydrogens is 402 g/mol.